The third-order valence-corrected chi connectivity index (χ3v) is 5.42. The summed E-state index contributed by atoms with van der Waals surface area (Å²) in [4.78, 5) is 44.1. The van der Waals surface area contributed by atoms with Gasteiger partial charge in [0.2, 0.25) is 5.91 Å². The Morgan fingerprint density at radius 1 is 1.06 bits per heavy atom. The Morgan fingerprint density at radius 3 is 2.55 bits per heavy atom. The van der Waals surface area contributed by atoms with E-state index in [1.807, 2.05) is 24.3 Å². The fraction of sp³-hybridized carbons (Fsp3) is 0.318. The molecule has 0 bridgehead atoms. The number of hydrogen-bond donors (Lipinski definition) is 3. The third kappa shape index (κ3) is 4.55. The number of para-hydroxylation sites is 1. The first kappa shape index (κ1) is 20.5. The number of nitrogens with zero attached hydrogens (tertiary/aromatic N) is 2. The summed E-state index contributed by atoms with van der Waals surface area (Å²) in [6, 6.07) is 10.2. The maximum absolute atomic E-state index is 12.9. The highest BCUT2D eigenvalue weighted by Crippen LogP contribution is 2.20. The standard InChI is InChI=1S/C22H25N5O4/c1-15(20(28)24-13-16-5-4-12-31-16)25-22(30)27-10-8-26(9-11-27)21(29)18-14-23-19-7-3-2-6-17(18)19/h2-7,12,14-15,23H,8-11,13H2,1H3,(H,24,28)(H,25,30)/t15-/m1/s1. The van der Waals surface area contributed by atoms with E-state index < -0.39 is 6.04 Å². The second-order valence-corrected chi connectivity index (χ2v) is 7.50. The minimum atomic E-state index is -0.687. The molecular weight excluding hydrogens is 398 g/mol. The number of benzene rings is 1. The van der Waals surface area contributed by atoms with Crippen molar-refractivity contribution in [2.24, 2.45) is 0 Å². The summed E-state index contributed by atoms with van der Waals surface area (Å²) in [5.74, 6) is 0.295. The number of nitrogens with one attached hydrogen (secondary N) is 3. The summed E-state index contributed by atoms with van der Waals surface area (Å²) < 4.78 is 5.18. The van der Waals surface area contributed by atoms with Crippen molar-refractivity contribution in [2.45, 2.75) is 19.5 Å². The molecule has 31 heavy (non-hydrogen) atoms. The molecule has 9 nitrogen and oxygen atoms in total. The monoisotopic (exact) mass is 423 g/mol. The van der Waals surface area contributed by atoms with Crippen molar-refractivity contribution in [2.75, 3.05) is 26.2 Å². The Kier molecular flexibility index (Phi) is 5.92. The summed E-state index contributed by atoms with van der Waals surface area (Å²) in [5.41, 5.74) is 1.55. The number of piperazine rings is 1. The number of amides is 4. The molecule has 1 aromatic carbocycles. The molecule has 3 heterocycles. The highest BCUT2D eigenvalue weighted by Gasteiger charge is 2.27. The van der Waals surface area contributed by atoms with E-state index in [1.54, 1.807) is 35.1 Å². The fourth-order valence-corrected chi connectivity index (χ4v) is 3.61. The van der Waals surface area contributed by atoms with E-state index in [0.717, 1.165) is 10.9 Å². The van der Waals surface area contributed by atoms with Gasteiger partial charge in [-0.3, -0.25) is 9.59 Å². The largest absolute Gasteiger partial charge is 0.467 e. The van der Waals surface area contributed by atoms with E-state index in [2.05, 4.69) is 15.6 Å². The van der Waals surface area contributed by atoms with Crippen LogP contribution in [0.5, 0.6) is 0 Å². The van der Waals surface area contributed by atoms with E-state index in [9.17, 15) is 14.4 Å². The molecule has 1 aliphatic heterocycles. The van der Waals surface area contributed by atoms with Crippen LogP contribution in [0.3, 0.4) is 0 Å². The molecule has 4 rings (SSSR count). The van der Waals surface area contributed by atoms with Gasteiger partial charge in [0, 0.05) is 43.3 Å². The lowest BCUT2D eigenvalue weighted by Crippen LogP contribution is -2.56. The van der Waals surface area contributed by atoms with Crippen LogP contribution in [0.2, 0.25) is 0 Å². The second kappa shape index (κ2) is 8.95. The van der Waals surface area contributed by atoms with Crippen LogP contribution in [0.25, 0.3) is 10.9 Å². The summed E-state index contributed by atoms with van der Waals surface area (Å²) in [5, 5.41) is 6.33. The Labute approximate surface area is 179 Å². The molecule has 1 atom stereocenters. The highest BCUT2D eigenvalue weighted by molar-refractivity contribution is 6.06. The maximum Gasteiger partial charge on any atom is 0.318 e. The Hall–Kier alpha value is -3.75. The molecule has 0 radical (unpaired) electrons. The molecule has 3 aromatic rings. The Morgan fingerprint density at radius 2 is 1.81 bits per heavy atom. The second-order valence-electron chi connectivity index (χ2n) is 7.50. The molecule has 0 saturated carbocycles. The first-order valence-electron chi connectivity index (χ1n) is 10.2. The zero-order chi connectivity index (χ0) is 21.8. The van der Waals surface area contributed by atoms with Gasteiger partial charge >= 0.3 is 6.03 Å². The van der Waals surface area contributed by atoms with Gasteiger partial charge in [-0.2, -0.15) is 0 Å². The molecule has 0 aliphatic carbocycles. The lowest BCUT2D eigenvalue weighted by atomic mass is 10.1. The number of carbonyl (C=O) groups is 3. The maximum atomic E-state index is 12.9. The van der Waals surface area contributed by atoms with E-state index in [-0.39, 0.29) is 24.4 Å². The zero-order valence-corrected chi connectivity index (χ0v) is 17.3. The van der Waals surface area contributed by atoms with Crippen LogP contribution in [-0.2, 0) is 11.3 Å². The molecule has 0 spiro atoms. The summed E-state index contributed by atoms with van der Waals surface area (Å²) in [7, 11) is 0. The van der Waals surface area contributed by atoms with Crippen LogP contribution in [0.4, 0.5) is 4.79 Å². The van der Waals surface area contributed by atoms with Crippen molar-refractivity contribution in [3.05, 3.63) is 60.2 Å². The van der Waals surface area contributed by atoms with Crippen LogP contribution in [0, 0.1) is 0 Å². The van der Waals surface area contributed by atoms with Gasteiger partial charge in [-0.25, -0.2) is 4.79 Å². The van der Waals surface area contributed by atoms with Crippen LogP contribution in [-0.4, -0.2) is 64.9 Å². The summed E-state index contributed by atoms with van der Waals surface area (Å²) >= 11 is 0. The van der Waals surface area contributed by atoms with Crippen molar-refractivity contribution in [1.82, 2.24) is 25.4 Å². The zero-order valence-electron chi connectivity index (χ0n) is 17.3. The van der Waals surface area contributed by atoms with Crippen LogP contribution >= 0.6 is 0 Å². The highest BCUT2D eigenvalue weighted by atomic mass is 16.3. The fourth-order valence-electron chi connectivity index (χ4n) is 3.61. The smallest absolute Gasteiger partial charge is 0.318 e. The average Bonchev–Trinajstić information content (AvgIpc) is 3.47. The summed E-state index contributed by atoms with van der Waals surface area (Å²) in [6.07, 6.45) is 3.27. The molecule has 0 unspecified atom stereocenters. The lowest BCUT2D eigenvalue weighted by Gasteiger charge is -2.35. The van der Waals surface area contributed by atoms with Gasteiger partial charge in [0.15, 0.2) is 0 Å². The molecule has 3 N–H and O–H groups in total. The molecule has 162 valence electrons. The Bertz CT molecular complexity index is 1070. The molecular formula is C22H25N5O4. The quantitative estimate of drug-likeness (QED) is 0.582. The minimum absolute atomic E-state index is 0.0526. The predicted octanol–water partition coefficient (Wildman–Crippen LogP) is 1.93. The molecule has 1 saturated heterocycles. The first-order chi connectivity index (χ1) is 15.0. The normalized spacial score (nSPS) is 15.0. The number of aromatic amines is 1. The number of fused-ring (bicyclic) bond motifs is 1. The van der Waals surface area contributed by atoms with Crippen LogP contribution < -0.4 is 10.6 Å². The predicted molar refractivity (Wildman–Crippen MR) is 114 cm³/mol. The average molecular weight is 423 g/mol. The van der Waals surface area contributed by atoms with Gasteiger partial charge in [-0.05, 0) is 25.1 Å². The number of aromatic nitrogens is 1. The minimum Gasteiger partial charge on any atom is -0.467 e. The van der Waals surface area contributed by atoms with Crippen LogP contribution in [0.1, 0.15) is 23.0 Å². The molecule has 9 heteroatoms. The molecule has 1 fully saturated rings. The SMILES string of the molecule is C[C@@H](NC(=O)N1CCN(C(=O)c2c[nH]c3ccccc23)CC1)C(=O)NCc1ccco1. The van der Waals surface area contributed by atoms with E-state index in [4.69, 9.17) is 4.42 Å². The number of rotatable bonds is 5. The van der Waals surface area contributed by atoms with E-state index in [0.29, 0.717) is 37.5 Å². The van der Waals surface area contributed by atoms with Crippen molar-refractivity contribution in [3.63, 3.8) is 0 Å². The topological polar surface area (TPSA) is 111 Å². The Balaban J connectivity index is 1.26. The first-order valence-corrected chi connectivity index (χ1v) is 10.2. The van der Waals surface area contributed by atoms with Gasteiger partial charge in [0.05, 0.1) is 18.4 Å². The molecule has 2 aromatic heterocycles. The van der Waals surface area contributed by atoms with Gasteiger partial charge in [-0.1, -0.05) is 18.2 Å². The van der Waals surface area contributed by atoms with Crippen molar-refractivity contribution in [1.29, 1.82) is 0 Å². The number of H-pyrrole nitrogens is 1. The van der Waals surface area contributed by atoms with Gasteiger partial charge < -0.3 is 29.8 Å². The van der Waals surface area contributed by atoms with E-state index in [1.165, 1.54) is 6.26 Å². The molecule has 1 aliphatic rings. The van der Waals surface area contributed by atoms with E-state index >= 15 is 0 Å². The number of furan rings is 1. The number of carbonyl (C=O) groups excluding carboxylic acids is 3. The van der Waals surface area contributed by atoms with Crippen molar-refractivity contribution >= 4 is 28.7 Å². The molecule has 4 amide bonds. The van der Waals surface area contributed by atoms with Gasteiger partial charge in [0.1, 0.15) is 11.8 Å². The van der Waals surface area contributed by atoms with Crippen LogP contribution in [0.15, 0.2) is 53.3 Å². The third-order valence-electron chi connectivity index (χ3n) is 5.42. The van der Waals surface area contributed by atoms with Crippen molar-refractivity contribution < 1.29 is 18.8 Å². The van der Waals surface area contributed by atoms with Gasteiger partial charge in [0.25, 0.3) is 5.91 Å². The number of urea groups is 1. The summed E-state index contributed by atoms with van der Waals surface area (Å²) in [6.45, 7) is 3.57. The lowest BCUT2D eigenvalue weighted by molar-refractivity contribution is -0.122. The van der Waals surface area contributed by atoms with Crippen molar-refractivity contribution in [3.8, 4) is 0 Å². The van der Waals surface area contributed by atoms with Gasteiger partial charge in [-0.15, -0.1) is 0 Å². The number of hydrogen-bond acceptors (Lipinski definition) is 4.